The monoisotopic (exact) mass is 314 g/mol. The summed E-state index contributed by atoms with van der Waals surface area (Å²) < 4.78 is 0. The second kappa shape index (κ2) is 7.67. The lowest BCUT2D eigenvalue weighted by molar-refractivity contribution is 0.0958. The lowest BCUT2D eigenvalue weighted by Crippen LogP contribution is -2.39. The maximum absolute atomic E-state index is 12.0. The van der Waals surface area contributed by atoms with Crippen molar-refractivity contribution in [3.05, 3.63) is 4.88 Å². The first kappa shape index (κ1) is 17.0. The number of nitrogens with zero attached hydrogens (tertiary/aromatic N) is 3. The standard InChI is InChI=1S/C12H22N6O2S/c1-5-18(4)12-16-9(13)8(21-12)10(19)14-6-7-15-11(20)17(2)3/h5-7,13H2,1-4H3,(H,14,19)(H,15,20). The fraction of sp³-hybridized carbons (Fsp3) is 0.583. The Bertz CT molecular complexity index is 502. The quantitative estimate of drug-likeness (QED) is 0.650. The minimum Gasteiger partial charge on any atom is -0.382 e. The molecule has 3 amide bonds. The van der Waals surface area contributed by atoms with Crippen molar-refractivity contribution < 1.29 is 9.59 Å². The van der Waals surface area contributed by atoms with Gasteiger partial charge < -0.3 is 26.2 Å². The number of nitrogens with two attached hydrogens (primary N) is 1. The molecule has 0 spiro atoms. The maximum atomic E-state index is 12.0. The van der Waals surface area contributed by atoms with Crippen molar-refractivity contribution in [3.63, 3.8) is 0 Å². The molecule has 21 heavy (non-hydrogen) atoms. The average molecular weight is 314 g/mol. The Balaban J connectivity index is 2.49. The Morgan fingerprint density at radius 3 is 2.43 bits per heavy atom. The van der Waals surface area contributed by atoms with E-state index in [2.05, 4.69) is 15.6 Å². The molecule has 1 aromatic rings. The highest BCUT2D eigenvalue weighted by atomic mass is 32.1. The van der Waals surface area contributed by atoms with Crippen LogP contribution in [-0.2, 0) is 0 Å². The van der Waals surface area contributed by atoms with Crippen LogP contribution in [0.4, 0.5) is 15.7 Å². The van der Waals surface area contributed by atoms with Gasteiger partial charge in [0.1, 0.15) is 10.7 Å². The van der Waals surface area contributed by atoms with E-state index in [-0.39, 0.29) is 17.8 Å². The first-order valence-corrected chi connectivity index (χ1v) is 7.39. The smallest absolute Gasteiger partial charge is 0.316 e. The van der Waals surface area contributed by atoms with E-state index in [1.807, 2.05) is 18.9 Å². The number of carbonyl (C=O) groups excluding carboxylic acids is 2. The lowest BCUT2D eigenvalue weighted by Gasteiger charge is -2.12. The second-order valence-electron chi connectivity index (χ2n) is 4.61. The number of carbonyl (C=O) groups is 2. The van der Waals surface area contributed by atoms with Gasteiger partial charge in [0.05, 0.1) is 0 Å². The normalized spacial score (nSPS) is 10.1. The molecule has 0 saturated heterocycles. The van der Waals surface area contributed by atoms with Gasteiger partial charge in [0.25, 0.3) is 5.91 Å². The predicted molar refractivity (Wildman–Crippen MR) is 84.9 cm³/mol. The number of rotatable bonds is 6. The Labute approximate surface area is 128 Å². The van der Waals surface area contributed by atoms with Crippen LogP contribution in [-0.4, -0.2) is 62.6 Å². The Morgan fingerprint density at radius 2 is 1.86 bits per heavy atom. The number of nitrogens with one attached hydrogen (secondary N) is 2. The van der Waals surface area contributed by atoms with Gasteiger partial charge in [-0.25, -0.2) is 9.78 Å². The summed E-state index contributed by atoms with van der Waals surface area (Å²) >= 11 is 1.25. The first-order chi connectivity index (χ1) is 9.86. The van der Waals surface area contributed by atoms with Crippen LogP contribution in [0.5, 0.6) is 0 Å². The number of aromatic nitrogens is 1. The summed E-state index contributed by atoms with van der Waals surface area (Å²) in [5.74, 6) is -0.0509. The molecule has 0 unspecified atom stereocenters. The fourth-order valence-electron chi connectivity index (χ4n) is 1.37. The SMILES string of the molecule is CCN(C)c1nc(N)c(C(=O)NCCNC(=O)N(C)C)s1. The Morgan fingerprint density at radius 1 is 1.24 bits per heavy atom. The van der Waals surface area contributed by atoms with Crippen LogP contribution in [0.3, 0.4) is 0 Å². The van der Waals surface area contributed by atoms with Gasteiger partial charge in [-0.2, -0.15) is 0 Å². The number of thiazole rings is 1. The molecule has 8 nitrogen and oxygen atoms in total. The topological polar surface area (TPSA) is 104 Å². The summed E-state index contributed by atoms with van der Waals surface area (Å²) in [4.78, 5) is 31.2. The lowest BCUT2D eigenvalue weighted by atomic mass is 10.4. The van der Waals surface area contributed by atoms with E-state index in [9.17, 15) is 9.59 Å². The minimum atomic E-state index is -0.278. The highest BCUT2D eigenvalue weighted by Crippen LogP contribution is 2.26. The van der Waals surface area contributed by atoms with Crippen molar-refractivity contribution in [1.29, 1.82) is 0 Å². The van der Waals surface area contributed by atoms with E-state index < -0.39 is 0 Å². The average Bonchev–Trinajstić information content (AvgIpc) is 2.84. The van der Waals surface area contributed by atoms with E-state index in [4.69, 9.17) is 5.73 Å². The van der Waals surface area contributed by atoms with Crippen molar-refractivity contribution in [2.24, 2.45) is 0 Å². The third-order valence-electron chi connectivity index (χ3n) is 2.74. The van der Waals surface area contributed by atoms with Crippen LogP contribution < -0.4 is 21.3 Å². The highest BCUT2D eigenvalue weighted by molar-refractivity contribution is 7.18. The molecule has 1 rings (SSSR count). The van der Waals surface area contributed by atoms with Gasteiger partial charge in [-0.1, -0.05) is 11.3 Å². The van der Waals surface area contributed by atoms with Gasteiger partial charge in [-0.05, 0) is 6.92 Å². The molecule has 0 aromatic carbocycles. The van der Waals surface area contributed by atoms with Crippen molar-refractivity contribution in [2.75, 3.05) is 51.4 Å². The van der Waals surface area contributed by atoms with E-state index in [1.165, 1.54) is 16.2 Å². The minimum absolute atomic E-state index is 0.201. The molecular formula is C12H22N6O2S. The molecule has 0 saturated carbocycles. The zero-order valence-electron chi connectivity index (χ0n) is 12.8. The van der Waals surface area contributed by atoms with Crippen LogP contribution in [0.15, 0.2) is 0 Å². The summed E-state index contributed by atoms with van der Waals surface area (Å²) in [5.41, 5.74) is 5.76. The second-order valence-corrected chi connectivity index (χ2v) is 5.58. The summed E-state index contributed by atoms with van der Waals surface area (Å²) in [5, 5.41) is 6.07. The maximum Gasteiger partial charge on any atom is 0.316 e. The molecule has 1 aromatic heterocycles. The third-order valence-corrected chi connectivity index (χ3v) is 3.93. The van der Waals surface area contributed by atoms with Crippen LogP contribution in [0.2, 0.25) is 0 Å². The molecule has 0 fully saturated rings. The number of nitrogen functional groups attached to an aromatic ring is 1. The number of hydrogen-bond donors (Lipinski definition) is 3. The van der Waals surface area contributed by atoms with Crippen molar-refractivity contribution in [3.8, 4) is 0 Å². The summed E-state index contributed by atoms with van der Waals surface area (Å²) in [6.45, 7) is 3.45. The predicted octanol–water partition coefficient (Wildman–Crippen LogP) is 0.182. The molecule has 0 aliphatic heterocycles. The fourth-order valence-corrected chi connectivity index (χ4v) is 2.29. The number of amides is 3. The van der Waals surface area contributed by atoms with Crippen LogP contribution >= 0.6 is 11.3 Å². The molecule has 0 atom stereocenters. The molecule has 118 valence electrons. The molecule has 0 radical (unpaired) electrons. The van der Waals surface area contributed by atoms with E-state index in [1.54, 1.807) is 14.1 Å². The molecule has 9 heteroatoms. The van der Waals surface area contributed by atoms with Crippen LogP contribution in [0, 0.1) is 0 Å². The zero-order valence-corrected chi connectivity index (χ0v) is 13.6. The van der Waals surface area contributed by atoms with E-state index in [0.29, 0.717) is 23.1 Å². The van der Waals surface area contributed by atoms with Gasteiger partial charge in [-0.15, -0.1) is 0 Å². The van der Waals surface area contributed by atoms with Gasteiger partial charge in [0, 0.05) is 40.8 Å². The van der Waals surface area contributed by atoms with Crippen molar-refractivity contribution >= 4 is 34.2 Å². The molecule has 4 N–H and O–H groups in total. The molecule has 1 heterocycles. The first-order valence-electron chi connectivity index (χ1n) is 6.57. The van der Waals surface area contributed by atoms with Crippen LogP contribution in [0.1, 0.15) is 16.6 Å². The zero-order chi connectivity index (χ0) is 16.0. The number of hydrogen-bond acceptors (Lipinski definition) is 6. The summed E-state index contributed by atoms with van der Waals surface area (Å²) in [7, 11) is 5.19. The van der Waals surface area contributed by atoms with E-state index >= 15 is 0 Å². The largest absolute Gasteiger partial charge is 0.382 e. The summed E-state index contributed by atoms with van der Waals surface area (Å²) in [6.07, 6.45) is 0. The Hall–Kier alpha value is -2.03. The van der Waals surface area contributed by atoms with Crippen molar-refractivity contribution in [1.82, 2.24) is 20.5 Å². The van der Waals surface area contributed by atoms with E-state index in [0.717, 1.165) is 6.54 Å². The van der Waals surface area contributed by atoms with Crippen LogP contribution in [0.25, 0.3) is 0 Å². The number of anilines is 2. The van der Waals surface area contributed by atoms with Gasteiger partial charge in [0.2, 0.25) is 0 Å². The molecular weight excluding hydrogens is 292 g/mol. The third kappa shape index (κ3) is 4.78. The van der Waals surface area contributed by atoms with Crippen molar-refractivity contribution in [2.45, 2.75) is 6.92 Å². The van der Waals surface area contributed by atoms with Gasteiger partial charge in [-0.3, -0.25) is 4.79 Å². The van der Waals surface area contributed by atoms with Gasteiger partial charge in [0.15, 0.2) is 5.13 Å². The Kier molecular flexibility index (Phi) is 6.22. The summed E-state index contributed by atoms with van der Waals surface area (Å²) in [6, 6.07) is -0.201. The number of urea groups is 1. The molecule has 0 bridgehead atoms. The molecule has 0 aliphatic carbocycles. The van der Waals surface area contributed by atoms with Gasteiger partial charge >= 0.3 is 6.03 Å². The molecule has 0 aliphatic rings. The highest BCUT2D eigenvalue weighted by Gasteiger charge is 2.17.